The van der Waals surface area contributed by atoms with Gasteiger partial charge in [-0.25, -0.2) is 14.1 Å². The van der Waals surface area contributed by atoms with E-state index in [0.29, 0.717) is 22.6 Å². The molecule has 0 spiro atoms. The molecule has 0 bridgehead atoms. The maximum Gasteiger partial charge on any atom is 0.264 e. The Labute approximate surface area is 196 Å². The lowest BCUT2D eigenvalue weighted by atomic mass is 9.90. The van der Waals surface area contributed by atoms with Crippen molar-refractivity contribution in [1.29, 1.82) is 0 Å². The van der Waals surface area contributed by atoms with Crippen molar-refractivity contribution in [3.63, 3.8) is 0 Å². The summed E-state index contributed by atoms with van der Waals surface area (Å²) in [5.41, 5.74) is 2.12. The van der Waals surface area contributed by atoms with Gasteiger partial charge in [0.1, 0.15) is 11.2 Å². The number of rotatable bonds is 6. The Morgan fingerprint density at radius 1 is 1.03 bits per heavy atom. The van der Waals surface area contributed by atoms with Gasteiger partial charge < -0.3 is 4.90 Å². The van der Waals surface area contributed by atoms with Crippen LogP contribution in [0.15, 0.2) is 71.9 Å². The van der Waals surface area contributed by atoms with Crippen molar-refractivity contribution in [2.75, 3.05) is 13.1 Å². The van der Waals surface area contributed by atoms with Gasteiger partial charge in [0.05, 0.1) is 18.2 Å². The Balaban J connectivity index is 1.20. The van der Waals surface area contributed by atoms with E-state index < -0.39 is 0 Å². The molecule has 0 saturated carbocycles. The van der Waals surface area contributed by atoms with Gasteiger partial charge in [-0.2, -0.15) is 5.10 Å². The van der Waals surface area contributed by atoms with Crippen LogP contribution in [0.1, 0.15) is 24.8 Å². The van der Waals surface area contributed by atoms with Crippen LogP contribution in [0.4, 0.5) is 4.39 Å². The van der Waals surface area contributed by atoms with Crippen LogP contribution >= 0.6 is 0 Å². The monoisotopic (exact) mass is 459 g/mol. The first-order chi connectivity index (χ1) is 16.6. The lowest BCUT2D eigenvalue weighted by Gasteiger charge is -2.32. The van der Waals surface area contributed by atoms with E-state index in [1.165, 1.54) is 39.5 Å². The standard InChI is InChI=1S/C26H26FN5O2/c27-21-6-8-22(9-7-21)32-25-23(17-29-32)26(34)31(18-28-25)15-12-24(33)30-13-10-20(11-14-30)16-19-4-2-1-3-5-19/h1-9,17-18,20H,10-16H2. The lowest BCUT2D eigenvalue weighted by Crippen LogP contribution is -2.39. The predicted octanol–water partition coefficient (Wildman–Crippen LogP) is 3.59. The molecule has 5 rings (SSSR count). The molecule has 7 nitrogen and oxygen atoms in total. The molecule has 4 aromatic rings. The zero-order valence-electron chi connectivity index (χ0n) is 18.8. The highest BCUT2D eigenvalue weighted by molar-refractivity contribution is 5.77. The summed E-state index contributed by atoms with van der Waals surface area (Å²) >= 11 is 0. The lowest BCUT2D eigenvalue weighted by molar-refractivity contribution is -0.132. The van der Waals surface area contributed by atoms with Gasteiger partial charge in [0.2, 0.25) is 5.91 Å². The fourth-order valence-electron chi connectivity index (χ4n) is 4.59. The fourth-order valence-corrected chi connectivity index (χ4v) is 4.59. The molecule has 174 valence electrons. The highest BCUT2D eigenvalue weighted by atomic mass is 19.1. The minimum Gasteiger partial charge on any atom is -0.343 e. The molecule has 0 radical (unpaired) electrons. The van der Waals surface area contributed by atoms with Crippen molar-refractivity contribution in [2.24, 2.45) is 5.92 Å². The number of likely N-dealkylation sites (tertiary alicyclic amines) is 1. The molecule has 0 atom stereocenters. The average Bonchev–Trinajstić information content (AvgIpc) is 3.30. The molecule has 1 saturated heterocycles. The maximum absolute atomic E-state index is 13.2. The summed E-state index contributed by atoms with van der Waals surface area (Å²) in [6.07, 6.45) is 6.21. The van der Waals surface area contributed by atoms with E-state index in [2.05, 4.69) is 34.3 Å². The molecule has 0 aliphatic carbocycles. The number of carbonyl (C=O) groups excluding carboxylic acids is 1. The average molecular weight is 460 g/mol. The number of hydrogen-bond acceptors (Lipinski definition) is 4. The molecule has 3 heterocycles. The van der Waals surface area contributed by atoms with E-state index in [1.807, 2.05) is 11.0 Å². The Kier molecular flexibility index (Phi) is 6.20. The summed E-state index contributed by atoms with van der Waals surface area (Å²) in [6.45, 7) is 1.78. The number of fused-ring (bicyclic) bond motifs is 1. The number of benzene rings is 2. The minimum absolute atomic E-state index is 0.0622. The molecule has 34 heavy (non-hydrogen) atoms. The number of hydrogen-bond donors (Lipinski definition) is 0. The zero-order chi connectivity index (χ0) is 23.5. The van der Waals surface area contributed by atoms with Gasteiger partial charge in [-0.3, -0.25) is 14.2 Å². The Morgan fingerprint density at radius 3 is 2.50 bits per heavy atom. The summed E-state index contributed by atoms with van der Waals surface area (Å²) < 4.78 is 16.2. The third kappa shape index (κ3) is 4.62. The van der Waals surface area contributed by atoms with E-state index in [4.69, 9.17) is 0 Å². The number of amides is 1. The number of carbonyl (C=O) groups is 1. The second-order valence-electron chi connectivity index (χ2n) is 8.78. The molecule has 1 amide bonds. The van der Waals surface area contributed by atoms with Crippen molar-refractivity contribution >= 4 is 16.9 Å². The summed E-state index contributed by atoms with van der Waals surface area (Å²) in [5, 5.41) is 4.61. The molecule has 1 fully saturated rings. The van der Waals surface area contributed by atoms with E-state index in [9.17, 15) is 14.0 Å². The topological polar surface area (TPSA) is 73.0 Å². The van der Waals surface area contributed by atoms with Gasteiger partial charge in [0.15, 0.2) is 5.65 Å². The third-order valence-corrected chi connectivity index (χ3v) is 6.53. The number of aromatic nitrogens is 4. The third-order valence-electron chi connectivity index (χ3n) is 6.53. The van der Waals surface area contributed by atoms with Crippen LogP contribution in [0, 0.1) is 11.7 Å². The van der Waals surface area contributed by atoms with Gasteiger partial charge in [-0.15, -0.1) is 0 Å². The zero-order valence-corrected chi connectivity index (χ0v) is 18.8. The van der Waals surface area contributed by atoms with Gasteiger partial charge >= 0.3 is 0 Å². The molecule has 2 aromatic carbocycles. The van der Waals surface area contributed by atoms with Gasteiger partial charge in [-0.1, -0.05) is 30.3 Å². The second-order valence-corrected chi connectivity index (χ2v) is 8.78. The van der Waals surface area contributed by atoms with Crippen LogP contribution in [0.3, 0.4) is 0 Å². The van der Waals surface area contributed by atoms with Gasteiger partial charge in [0, 0.05) is 26.1 Å². The Hall–Kier alpha value is -3.81. The number of halogens is 1. The number of nitrogens with zero attached hydrogens (tertiary/aromatic N) is 5. The van der Waals surface area contributed by atoms with Crippen LogP contribution in [0.5, 0.6) is 0 Å². The van der Waals surface area contributed by atoms with Crippen LogP contribution in [-0.2, 0) is 17.8 Å². The van der Waals surface area contributed by atoms with Crippen LogP contribution < -0.4 is 5.56 Å². The van der Waals surface area contributed by atoms with Crippen LogP contribution in [0.2, 0.25) is 0 Å². The van der Waals surface area contributed by atoms with Crippen molar-refractivity contribution in [2.45, 2.75) is 32.2 Å². The van der Waals surface area contributed by atoms with Crippen molar-refractivity contribution in [3.8, 4) is 5.69 Å². The molecule has 0 N–H and O–H groups in total. The van der Waals surface area contributed by atoms with Crippen molar-refractivity contribution in [1.82, 2.24) is 24.2 Å². The largest absolute Gasteiger partial charge is 0.343 e. The van der Waals surface area contributed by atoms with Gasteiger partial charge in [-0.05, 0) is 55.0 Å². The smallest absolute Gasteiger partial charge is 0.264 e. The fraction of sp³-hybridized carbons (Fsp3) is 0.308. The van der Waals surface area contributed by atoms with Crippen molar-refractivity contribution < 1.29 is 9.18 Å². The molecule has 2 aromatic heterocycles. The first-order valence-corrected chi connectivity index (χ1v) is 11.6. The Morgan fingerprint density at radius 2 is 1.76 bits per heavy atom. The number of piperidine rings is 1. The van der Waals surface area contributed by atoms with E-state index in [1.54, 1.807) is 12.1 Å². The van der Waals surface area contributed by atoms with E-state index >= 15 is 0 Å². The first-order valence-electron chi connectivity index (χ1n) is 11.6. The van der Waals surface area contributed by atoms with Crippen LogP contribution in [0.25, 0.3) is 16.7 Å². The molecular formula is C26H26FN5O2. The molecule has 1 aliphatic heterocycles. The summed E-state index contributed by atoms with van der Waals surface area (Å²) in [5.74, 6) is 0.311. The van der Waals surface area contributed by atoms with E-state index in [0.717, 1.165) is 32.4 Å². The Bertz CT molecular complexity index is 1340. The SMILES string of the molecule is O=C(CCn1cnc2c(cnn2-c2ccc(F)cc2)c1=O)N1CCC(Cc2ccccc2)CC1. The summed E-state index contributed by atoms with van der Waals surface area (Å²) in [4.78, 5) is 32.0. The van der Waals surface area contributed by atoms with Gasteiger partial charge in [0.25, 0.3) is 5.56 Å². The van der Waals surface area contributed by atoms with Crippen LogP contribution in [-0.4, -0.2) is 43.2 Å². The second kappa shape index (κ2) is 9.59. The molecule has 1 aliphatic rings. The van der Waals surface area contributed by atoms with E-state index in [-0.39, 0.29) is 30.2 Å². The summed E-state index contributed by atoms with van der Waals surface area (Å²) in [7, 11) is 0. The first kappa shape index (κ1) is 22.0. The summed E-state index contributed by atoms with van der Waals surface area (Å²) in [6, 6.07) is 16.3. The molecular weight excluding hydrogens is 433 g/mol. The predicted molar refractivity (Wildman–Crippen MR) is 127 cm³/mol. The highest BCUT2D eigenvalue weighted by Gasteiger charge is 2.23. The quantitative estimate of drug-likeness (QED) is 0.442. The normalized spacial score (nSPS) is 14.6. The molecule has 0 unspecified atom stereocenters. The van der Waals surface area contributed by atoms with Crippen molar-refractivity contribution in [3.05, 3.63) is 88.9 Å². The maximum atomic E-state index is 13.2. The highest BCUT2D eigenvalue weighted by Crippen LogP contribution is 2.22. The molecule has 8 heteroatoms. The minimum atomic E-state index is -0.347. The number of aryl methyl sites for hydroxylation is 1.